The molecule has 0 aliphatic carbocycles. The van der Waals surface area contributed by atoms with Gasteiger partial charge in [0, 0.05) is 5.82 Å². The van der Waals surface area contributed by atoms with Crippen molar-refractivity contribution in [3.05, 3.63) is 10.2 Å². The number of thioether (sulfide) groups is 1. The summed E-state index contributed by atoms with van der Waals surface area (Å²) in [5.41, 5.74) is 0. The molecule has 0 radical (unpaired) electrons. The van der Waals surface area contributed by atoms with E-state index in [-0.39, 0.29) is 0 Å². The van der Waals surface area contributed by atoms with Crippen molar-refractivity contribution in [2.75, 3.05) is 5.75 Å². The van der Waals surface area contributed by atoms with E-state index in [9.17, 15) is 4.57 Å². The lowest BCUT2D eigenvalue weighted by Crippen LogP contribution is -1.75. The van der Waals surface area contributed by atoms with Crippen molar-refractivity contribution in [2.45, 2.75) is 19.8 Å². The Morgan fingerprint density at radius 1 is 1.58 bits per heavy atom. The van der Waals surface area contributed by atoms with Crippen LogP contribution in [-0.4, -0.2) is 5.75 Å². The van der Waals surface area contributed by atoms with Gasteiger partial charge in [0.1, 0.15) is 0 Å². The maximum absolute atomic E-state index is 10.8. The number of halogens is 3. The first-order chi connectivity index (χ1) is 5.45. The van der Waals surface area contributed by atoms with E-state index in [0.717, 1.165) is 18.6 Å². The fourth-order valence-corrected chi connectivity index (χ4v) is 3.95. The maximum atomic E-state index is 10.8. The lowest BCUT2D eigenvalue weighted by atomic mass is 10.4. The molecule has 0 atom stereocenters. The number of hydrogen-bond acceptors (Lipinski definition) is 2. The molecule has 0 fully saturated rings. The fourth-order valence-electron chi connectivity index (χ4n) is 0.469. The van der Waals surface area contributed by atoms with Crippen LogP contribution in [0.15, 0.2) is 10.2 Å². The molecule has 72 valence electrons. The summed E-state index contributed by atoms with van der Waals surface area (Å²) in [6, 6.07) is 0. The van der Waals surface area contributed by atoms with Crippen molar-refractivity contribution in [3.8, 4) is 0 Å². The Kier molecular flexibility index (Phi) is 7.27. The van der Waals surface area contributed by atoms with Crippen molar-refractivity contribution >= 4 is 51.7 Å². The third-order valence-electron chi connectivity index (χ3n) is 0.990. The monoisotopic (exact) mass is 266 g/mol. The van der Waals surface area contributed by atoms with Crippen LogP contribution in [0, 0.1) is 0 Å². The third-order valence-corrected chi connectivity index (χ3v) is 3.78. The molecule has 0 saturated carbocycles. The second kappa shape index (κ2) is 6.62. The summed E-state index contributed by atoms with van der Waals surface area (Å²) in [6.45, 7) is 2.09. The summed E-state index contributed by atoms with van der Waals surface area (Å²) in [7, 11) is 0. The highest BCUT2D eigenvalue weighted by Gasteiger charge is 2.10. The molecule has 0 aromatic heterocycles. The predicted octanol–water partition coefficient (Wildman–Crippen LogP) is 5.23. The molecule has 0 N–H and O–H groups in total. The van der Waals surface area contributed by atoms with Crippen LogP contribution in [0.25, 0.3) is 0 Å². The molecule has 6 heteroatoms. The van der Waals surface area contributed by atoms with Gasteiger partial charge in [-0.2, -0.15) is 0 Å². The average Bonchev–Trinajstić information content (AvgIpc) is 1.84. The molecular weight excluding hydrogens is 257 g/mol. The van der Waals surface area contributed by atoms with Crippen LogP contribution in [-0.2, 0) is 4.57 Å². The fraction of sp³-hybridized carbons (Fsp3) is 0.667. The summed E-state index contributed by atoms with van der Waals surface area (Å²) in [4.78, 5) is 0. The second-order valence-corrected chi connectivity index (χ2v) is 8.70. The van der Waals surface area contributed by atoms with E-state index in [2.05, 4.69) is 6.92 Å². The Labute approximate surface area is 91.8 Å². The van der Waals surface area contributed by atoms with E-state index in [1.165, 1.54) is 17.6 Å². The minimum atomic E-state index is -3.14. The second-order valence-electron chi connectivity index (χ2n) is 2.14. The smallest absolute Gasteiger partial charge is 0.276 e. The lowest BCUT2D eigenvalue weighted by Gasteiger charge is -1.98. The van der Waals surface area contributed by atoms with Gasteiger partial charge in [-0.05, 0) is 34.7 Å². The molecule has 0 aromatic rings. The Morgan fingerprint density at radius 2 is 2.17 bits per heavy atom. The summed E-state index contributed by atoms with van der Waals surface area (Å²) >= 11 is 17.7. The molecule has 1 nitrogen and oxygen atoms in total. The first-order valence-corrected chi connectivity index (χ1v) is 8.41. The highest BCUT2D eigenvalue weighted by Crippen LogP contribution is 2.59. The molecule has 0 saturated heterocycles. The Bertz CT molecular complexity index is 201. The van der Waals surface area contributed by atoms with Gasteiger partial charge >= 0.3 is 0 Å². The quantitative estimate of drug-likeness (QED) is 0.501. The molecule has 0 bridgehead atoms. The van der Waals surface area contributed by atoms with E-state index in [4.69, 9.17) is 34.1 Å². The standard InChI is InChI=1S/C6H10Cl3OPS/c1-2-3-4-12-6(7)5-11(8,9)10/h5H,2-4H2,1H3/b6-5+. The molecule has 0 amide bonds. The molecule has 0 rings (SSSR count). The highest BCUT2D eigenvalue weighted by molar-refractivity contribution is 8.12. The van der Waals surface area contributed by atoms with E-state index < -0.39 is 5.85 Å². The molecule has 0 spiro atoms. The van der Waals surface area contributed by atoms with Crippen LogP contribution in [0.4, 0.5) is 0 Å². The Hall–Kier alpha value is 1.19. The first kappa shape index (κ1) is 13.2. The first-order valence-electron chi connectivity index (χ1n) is 3.46. The number of unbranched alkanes of at least 4 members (excludes halogenated alkanes) is 1. The van der Waals surface area contributed by atoms with Crippen molar-refractivity contribution < 1.29 is 4.57 Å². The largest absolute Gasteiger partial charge is 0.285 e. The van der Waals surface area contributed by atoms with Gasteiger partial charge in [-0.1, -0.05) is 24.9 Å². The molecule has 0 unspecified atom stereocenters. The third kappa shape index (κ3) is 9.28. The van der Waals surface area contributed by atoms with Gasteiger partial charge in [0.2, 0.25) is 0 Å². The topological polar surface area (TPSA) is 17.1 Å². The summed E-state index contributed by atoms with van der Waals surface area (Å²) in [5, 5.41) is 0. The molecular formula is C6H10Cl3OPS. The van der Waals surface area contributed by atoms with E-state index in [0.29, 0.717) is 4.36 Å². The zero-order valence-electron chi connectivity index (χ0n) is 6.60. The maximum Gasteiger partial charge on any atom is 0.276 e. The highest BCUT2D eigenvalue weighted by atomic mass is 35.9. The minimum absolute atomic E-state index is 0.414. The summed E-state index contributed by atoms with van der Waals surface area (Å²) < 4.78 is 11.2. The van der Waals surface area contributed by atoms with Gasteiger partial charge in [-0.3, -0.25) is 4.57 Å². The molecule has 0 aliphatic rings. The van der Waals surface area contributed by atoms with Crippen LogP contribution in [0.5, 0.6) is 0 Å². The van der Waals surface area contributed by atoms with Crippen LogP contribution in [0.1, 0.15) is 19.8 Å². The normalized spacial score (nSPS) is 13.5. The van der Waals surface area contributed by atoms with Gasteiger partial charge in [-0.25, -0.2) is 0 Å². The van der Waals surface area contributed by atoms with Crippen molar-refractivity contribution in [3.63, 3.8) is 0 Å². The zero-order valence-corrected chi connectivity index (χ0v) is 10.6. The Morgan fingerprint density at radius 3 is 2.58 bits per heavy atom. The average molecular weight is 268 g/mol. The van der Waals surface area contributed by atoms with E-state index in [1.807, 2.05) is 0 Å². The van der Waals surface area contributed by atoms with E-state index in [1.54, 1.807) is 0 Å². The van der Waals surface area contributed by atoms with Crippen LogP contribution < -0.4 is 0 Å². The predicted molar refractivity (Wildman–Crippen MR) is 60.6 cm³/mol. The SMILES string of the molecule is CCCCS/C(Cl)=C/P(=O)(Cl)Cl. The van der Waals surface area contributed by atoms with Gasteiger partial charge in [-0.15, -0.1) is 11.8 Å². The summed E-state index contributed by atoms with van der Waals surface area (Å²) in [5.74, 6) is -1.03. The lowest BCUT2D eigenvalue weighted by molar-refractivity contribution is 0.597. The van der Waals surface area contributed by atoms with Gasteiger partial charge in [0.15, 0.2) is 0 Å². The molecule has 12 heavy (non-hydrogen) atoms. The molecule has 0 aromatic carbocycles. The summed E-state index contributed by atoms with van der Waals surface area (Å²) in [6.07, 6.45) is 2.18. The molecule has 0 heterocycles. The van der Waals surface area contributed by atoms with Crippen molar-refractivity contribution in [1.82, 2.24) is 0 Å². The van der Waals surface area contributed by atoms with Crippen molar-refractivity contribution in [1.29, 1.82) is 0 Å². The van der Waals surface area contributed by atoms with Crippen LogP contribution in [0.3, 0.4) is 0 Å². The molecule has 0 aliphatic heterocycles. The minimum Gasteiger partial charge on any atom is -0.285 e. The van der Waals surface area contributed by atoms with Crippen LogP contribution >= 0.6 is 51.7 Å². The Balaban J connectivity index is 3.79. The van der Waals surface area contributed by atoms with Gasteiger partial charge < -0.3 is 0 Å². The van der Waals surface area contributed by atoms with Gasteiger partial charge in [0.05, 0.1) is 4.36 Å². The number of rotatable bonds is 5. The zero-order chi connectivity index (χ0) is 9.61. The van der Waals surface area contributed by atoms with E-state index >= 15 is 0 Å². The van der Waals surface area contributed by atoms with Gasteiger partial charge in [0.25, 0.3) is 5.85 Å². The van der Waals surface area contributed by atoms with Crippen LogP contribution in [0.2, 0.25) is 0 Å². The number of hydrogen-bond donors (Lipinski definition) is 0. The van der Waals surface area contributed by atoms with Crippen molar-refractivity contribution in [2.24, 2.45) is 0 Å².